The Kier molecular flexibility index (Phi) is 4.07. The first-order valence-electron chi connectivity index (χ1n) is 7.84. The van der Waals surface area contributed by atoms with Crippen molar-refractivity contribution >= 4 is 11.7 Å². The van der Waals surface area contributed by atoms with E-state index in [9.17, 15) is 9.18 Å². The van der Waals surface area contributed by atoms with Crippen molar-refractivity contribution in [2.45, 2.75) is 38.1 Å². The van der Waals surface area contributed by atoms with Crippen LogP contribution in [0.4, 0.5) is 14.9 Å². The number of carbonyl (C=O) groups is 1. The lowest BCUT2D eigenvalue weighted by Gasteiger charge is -2.31. The van der Waals surface area contributed by atoms with E-state index in [4.69, 9.17) is 0 Å². The number of nitrogens with zero attached hydrogens (tertiary/aromatic N) is 2. The van der Waals surface area contributed by atoms with Crippen LogP contribution in [0.1, 0.15) is 36.9 Å². The van der Waals surface area contributed by atoms with Crippen LogP contribution in [0.2, 0.25) is 0 Å². The maximum absolute atomic E-state index is 13.2. The molecule has 1 aromatic carbocycles. The lowest BCUT2D eigenvalue weighted by Crippen LogP contribution is -2.45. The van der Waals surface area contributed by atoms with Crippen molar-refractivity contribution in [1.29, 1.82) is 0 Å². The van der Waals surface area contributed by atoms with E-state index in [2.05, 4.69) is 15.7 Å². The standard InChI is InChI=1S/C17H21FN4O/c1-12-15(11-22(2)21-12)19-16(23)20-17(9-3-4-10-17)13-5-7-14(18)8-6-13/h5-8,11H,3-4,9-10H2,1-2H3,(H2,19,20,23). The van der Waals surface area contributed by atoms with Crippen LogP contribution < -0.4 is 10.6 Å². The van der Waals surface area contributed by atoms with Gasteiger partial charge in [-0.1, -0.05) is 25.0 Å². The predicted octanol–water partition coefficient (Wildman–Crippen LogP) is 3.46. The number of anilines is 1. The quantitative estimate of drug-likeness (QED) is 0.911. The third kappa shape index (κ3) is 3.21. The van der Waals surface area contributed by atoms with E-state index in [0.717, 1.165) is 36.9 Å². The summed E-state index contributed by atoms with van der Waals surface area (Å²) in [5.41, 5.74) is 1.99. The Morgan fingerprint density at radius 2 is 1.91 bits per heavy atom. The third-order valence-corrected chi connectivity index (χ3v) is 4.47. The maximum Gasteiger partial charge on any atom is 0.320 e. The molecular formula is C17H21FN4O. The largest absolute Gasteiger partial charge is 0.328 e. The Morgan fingerprint density at radius 3 is 2.48 bits per heavy atom. The number of rotatable bonds is 3. The molecule has 0 aliphatic heterocycles. The van der Waals surface area contributed by atoms with Gasteiger partial charge in [-0.05, 0) is 37.5 Å². The summed E-state index contributed by atoms with van der Waals surface area (Å²) in [6.45, 7) is 1.85. The van der Waals surface area contributed by atoms with Gasteiger partial charge >= 0.3 is 6.03 Å². The highest BCUT2D eigenvalue weighted by Crippen LogP contribution is 2.38. The number of amides is 2. The molecule has 2 amide bonds. The fourth-order valence-electron chi connectivity index (χ4n) is 3.33. The fourth-order valence-corrected chi connectivity index (χ4v) is 3.33. The first-order chi connectivity index (χ1) is 11.0. The minimum atomic E-state index is -0.423. The van der Waals surface area contributed by atoms with E-state index in [1.165, 1.54) is 12.1 Å². The summed E-state index contributed by atoms with van der Waals surface area (Å²) < 4.78 is 14.8. The normalized spacial score (nSPS) is 16.3. The number of hydrogen-bond acceptors (Lipinski definition) is 2. The number of aromatic nitrogens is 2. The second kappa shape index (κ2) is 6.02. The molecule has 1 heterocycles. The molecule has 0 radical (unpaired) electrons. The highest BCUT2D eigenvalue weighted by atomic mass is 19.1. The van der Waals surface area contributed by atoms with Crippen LogP contribution in [0.5, 0.6) is 0 Å². The van der Waals surface area contributed by atoms with Crippen molar-refractivity contribution in [3.05, 3.63) is 47.5 Å². The first-order valence-corrected chi connectivity index (χ1v) is 7.84. The highest BCUT2D eigenvalue weighted by Gasteiger charge is 2.37. The third-order valence-electron chi connectivity index (χ3n) is 4.47. The average molecular weight is 316 g/mol. The van der Waals surface area contributed by atoms with Crippen LogP contribution in [0.25, 0.3) is 0 Å². The zero-order chi connectivity index (χ0) is 16.4. The zero-order valence-corrected chi connectivity index (χ0v) is 13.4. The van der Waals surface area contributed by atoms with E-state index in [1.807, 2.05) is 14.0 Å². The molecule has 2 N–H and O–H groups in total. The van der Waals surface area contributed by atoms with Crippen LogP contribution in [-0.2, 0) is 12.6 Å². The Labute approximate surface area is 134 Å². The van der Waals surface area contributed by atoms with Gasteiger partial charge in [0.05, 0.1) is 16.9 Å². The first kappa shape index (κ1) is 15.5. The van der Waals surface area contributed by atoms with Gasteiger partial charge < -0.3 is 10.6 Å². The SMILES string of the molecule is Cc1nn(C)cc1NC(=O)NC1(c2ccc(F)cc2)CCCC1. The number of aryl methyl sites for hydroxylation is 2. The summed E-state index contributed by atoms with van der Waals surface area (Å²) in [4.78, 5) is 12.4. The van der Waals surface area contributed by atoms with Crippen molar-refractivity contribution in [2.24, 2.45) is 7.05 Å². The molecule has 122 valence electrons. The van der Waals surface area contributed by atoms with Crippen LogP contribution in [0.15, 0.2) is 30.5 Å². The molecule has 5 nitrogen and oxygen atoms in total. The molecule has 1 fully saturated rings. The lowest BCUT2D eigenvalue weighted by molar-refractivity contribution is 0.236. The smallest absolute Gasteiger partial charge is 0.320 e. The van der Waals surface area contributed by atoms with Gasteiger partial charge in [0.25, 0.3) is 0 Å². The van der Waals surface area contributed by atoms with Crippen LogP contribution >= 0.6 is 0 Å². The molecule has 23 heavy (non-hydrogen) atoms. The number of carbonyl (C=O) groups excluding carboxylic acids is 1. The Bertz CT molecular complexity index is 702. The summed E-state index contributed by atoms with van der Waals surface area (Å²) >= 11 is 0. The van der Waals surface area contributed by atoms with E-state index >= 15 is 0 Å². The molecule has 6 heteroatoms. The van der Waals surface area contributed by atoms with Crippen LogP contribution in [0.3, 0.4) is 0 Å². The fraction of sp³-hybridized carbons (Fsp3) is 0.412. The summed E-state index contributed by atoms with van der Waals surface area (Å²) in [5, 5.41) is 10.2. The van der Waals surface area contributed by atoms with Gasteiger partial charge in [0.15, 0.2) is 0 Å². The minimum absolute atomic E-state index is 0.257. The summed E-state index contributed by atoms with van der Waals surface area (Å²) in [5.74, 6) is -0.266. The van der Waals surface area contributed by atoms with Crippen molar-refractivity contribution in [1.82, 2.24) is 15.1 Å². The van der Waals surface area contributed by atoms with Gasteiger partial charge in [-0.2, -0.15) is 5.10 Å². The van der Waals surface area contributed by atoms with Gasteiger partial charge in [0.2, 0.25) is 0 Å². The number of benzene rings is 1. The lowest BCUT2D eigenvalue weighted by atomic mass is 9.88. The molecule has 1 aliphatic carbocycles. The number of urea groups is 1. The van der Waals surface area contributed by atoms with Gasteiger partial charge in [-0.15, -0.1) is 0 Å². The second-order valence-corrected chi connectivity index (χ2v) is 6.18. The minimum Gasteiger partial charge on any atom is -0.328 e. The molecule has 0 saturated heterocycles. The van der Waals surface area contributed by atoms with Crippen LogP contribution in [-0.4, -0.2) is 15.8 Å². The summed E-state index contributed by atoms with van der Waals surface area (Å²) in [6.07, 6.45) is 5.58. The maximum atomic E-state index is 13.2. The molecule has 1 saturated carbocycles. The van der Waals surface area contributed by atoms with E-state index in [0.29, 0.717) is 5.69 Å². The Hall–Kier alpha value is -2.37. The molecule has 0 spiro atoms. The summed E-state index contributed by atoms with van der Waals surface area (Å²) in [7, 11) is 1.81. The molecule has 0 bridgehead atoms. The molecular weight excluding hydrogens is 295 g/mol. The Balaban J connectivity index is 1.78. The van der Waals surface area contributed by atoms with Gasteiger partial charge in [-0.3, -0.25) is 4.68 Å². The van der Waals surface area contributed by atoms with E-state index in [1.54, 1.807) is 23.0 Å². The molecule has 1 aliphatic rings. The number of hydrogen-bond donors (Lipinski definition) is 2. The van der Waals surface area contributed by atoms with Gasteiger partial charge in [0, 0.05) is 13.2 Å². The Morgan fingerprint density at radius 1 is 1.26 bits per heavy atom. The monoisotopic (exact) mass is 316 g/mol. The van der Waals surface area contributed by atoms with Crippen molar-refractivity contribution in [2.75, 3.05) is 5.32 Å². The average Bonchev–Trinajstić information content (AvgIpc) is 3.07. The number of nitrogens with one attached hydrogen (secondary N) is 2. The van der Waals surface area contributed by atoms with Crippen molar-refractivity contribution < 1.29 is 9.18 Å². The molecule has 1 aromatic heterocycles. The molecule has 0 unspecified atom stereocenters. The zero-order valence-electron chi connectivity index (χ0n) is 13.4. The second-order valence-electron chi connectivity index (χ2n) is 6.18. The van der Waals surface area contributed by atoms with Gasteiger partial charge in [0.1, 0.15) is 5.82 Å². The van der Waals surface area contributed by atoms with E-state index in [-0.39, 0.29) is 11.8 Å². The van der Waals surface area contributed by atoms with E-state index < -0.39 is 5.54 Å². The molecule has 0 atom stereocenters. The molecule has 3 rings (SSSR count). The van der Waals surface area contributed by atoms with Gasteiger partial charge in [-0.25, -0.2) is 9.18 Å². The highest BCUT2D eigenvalue weighted by molar-refractivity contribution is 5.90. The summed E-state index contributed by atoms with van der Waals surface area (Å²) in [6, 6.07) is 6.15. The molecule has 2 aromatic rings. The number of halogens is 1. The van der Waals surface area contributed by atoms with Crippen molar-refractivity contribution in [3.8, 4) is 0 Å². The predicted molar refractivity (Wildman–Crippen MR) is 86.6 cm³/mol. The topological polar surface area (TPSA) is 59.0 Å². The van der Waals surface area contributed by atoms with Crippen molar-refractivity contribution in [3.63, 3.8) is 0 Å². The van der Waals surface area contributed by atoms with Crippen LogP contribution in [0, 0.1) is 12.7 Å².